The van der Waals surface area contributed by atoms with Crippen molar-refractivity contribution in [2.24, 2.45) is 0 Å². The molecular formula is C23H20ClN3O4. The van der Waals surface area contributed by atoms with E-state index in [0.717, 1.165) is 5.56 Å². The number of aromatic nitrogens is 1. The predicted molar refractivity (Wildman–Crippen MR) is 115 cm³/mol. The summed E-state index contributed by atoms with van der Waals surface area (Å²) in [6, 6.07) is 14.8. The van der Waals surface area contributed by atoms with E-state index in [1.807, 2.05) is 6.07 Å². The molecule has 3 atom stereocenters. The number of halogens is 1. The number of nitro groups is 1. The zero-order chi connectivity index (χ0) is 22.0. The largest absolute Gasteiger partial charge is 0.508 e. The molecule has 8 heteroatoms. The Morgan fingerprint density at radius 1 is 1.13 bits per heavy atom. The number of phenolic OH excluding ortho intramolecular Hbond substituents is 1. The molecule has 158 valence electrons. The second-order valence-corrected chi connectivity index (χ2v) is 8.00. The van der Waals surface area contributed by atoms with Gasteiger partial charge in [-0.15, -0.1) is 0 Å². The Kier molecular flexibility index (Phi) is 5.86. The van der Waals surface area contributed by atoms with Gasteiger partial charge >= 0.3 is 0 Å². The van der Waals surface area contributed by atoms with E-state index in [4.69, 9.17) is 11.6 Å². The van der Waals surface area contributed by atoms with Crippen molar-refractivity contribution in [3.63, 3.8) is 0 Å². The number of nitrogens with zero attached hydrogens (tertiary/aromatic N) is 3. The van der Waals surface area contributed by atoms with Crippen LogP contribution < -0.4 is 0 Å². The number of likely N-dealkylation sites (tertiary alicyclic amines) is 1. The first kappa shape index (κ1) is 20.8. The second kappa shape index (κ2) is 8.73. The van der Waals surface area contributed by atoms with Crippen LogP contribution in [-0.2, 0) is 11.3 Å². The van der Waals surface area contributed by atoms with Crippen LogP contribution in [0.1, 0.15) is 35.1 Å². The summed E-state index contributed by atoms with van der Waals surface area (Å²) in [5, 5.41) is 22.5. The topological polar surface area (TPSA) is 96.6 Å². The second-order valence-electron chi connectivity index (χ2n) is 7.56. The van der Waals surface area contributed by atoms with E-state index < -0.39 is 18.0 Å². The number of carbonyl (C=O) groups is 1. The average Bonchev–Trinajstić information content (AvgIpc) is 2.76. The number of pyridine rings is 1. The van der Waals surface area contributed by atoms with E-state index in [1.54, 1.807) is 54.9 Å². The molecule has 1 aliphatic rings. The fraction of sp³-hybridized carbons (Fsp3) is 0.217. The molecular weight excluding hydrogens is 418 g/mol. The zero-order valence-corrected chi connectivity index (χ0v) is 17.2. The highest BCUT2D eigenvalue weighted by Crippen LogP contribution is 2.43. The van der Waals surface area contributed by atoms with Crippen LogP contribution in [-0.4, -0.2) is 31.9 Å². The maximum atomic E-state index is 13.3. The summed E-state index contributed by atoms with van der Waals surface area (Å²) < 4.78 is 0. The minimum absolute atomic E-state index is 0.000828. The normalized spacial score (nSPS) is 21.1. The van der Waals surface area contributed by atoms with E-state index in [2.05, 4.69) is 4.98 Å². The van der Waals surface area contributed by atoms with Gasteiger partial charge in [-0.3, -0.25) is 19.9 Å². The third-order valence-corrected chi connectivity index (χ3v) is 5.85. The van der Waals surface area contributed by atoms with Crippen molar-refractivity contribution < 1.29 is 14.8 Å². The number of piperidine rings is 1. The van der Waals surface area contributed by atoms with E-state index in [9.17, 15) is 20.0 Å². The first-order chi connectivity index (χ1) is 14.9. The predicted octanol–water partition coefficient (Wildman–Crippen LogP) is 4.34. The van der Waals surface area contributed by atoms with E-state index >= 15 is 0 Å². The summed E-state index contributed by atoms with van der Waals surface area (Å²) in [5.41, 5.74) is 2.03. The highest BCUT2D eigenvalue weighted by Gasteiger charge is 2.50. The summed E-state index contributed by atoms with van der Waals surface area (Å²) in [5.74, 6) is -0.774. The van der Waals surface area contributed by atoms with Gasteiger partial charge in [0, 0.05) is 35.3 Å². The first-order valence-corrected chi connectivity index (χ1v) is 10.2. The maximum Gasteiger partial charge on any atom is 0.244 e. The SMILES string of the molecule is O=C1CC(c2cccc(Cl)c2)[C@H]([N+](=O)[O-])[C@@H](c2ccc(O)cc2)N1Cc1cccnc1. The van der Waals surface area contributed by atoms with Crippen molar-refractivity contribution >= 4 is 17.5 Å². The molecule has 1 aliphatic heterocycles. The molecule has 2 aromatic carbocycles. The van der Waals surface area contributed by atoms with Crippen LogP contribution in [0.3, 0.4) is 0 Å². The van der Waals surface area contributed by atoms with Gasteiger partial charge in [-0.05, 0) is 47.0 Å². The van der Waals surface area contributed by atoms with E-state index in [-0.39, 0.29) is 29.5 Å². The van der Waals surface area contributed by atoms with Gasteiger partial charge in [-0.25, -0.2) is 0 Å². The first-order valence-electron chi connectivity index (χ1n) is 9.80. The maximum absolute atomic E-state index is 13.3. The van der Waals surface area contributed by atoms with Crippen molar-refractivity contribution in [1.82, 2.24) is 9.88 Å². The Morgan fingerprint density at radius 2 is 1.90 bits per heavy atom. The van der Waals surface area contributed by atoms with Crippen LogP contribution in [0, 0.1) is 10.1 Å². The van der Waals surface area contributed by atoms with Crippen molar-refractivity contribution in [2.45, 2.75) is 31.0 Å². The number of phenols is 1. The Morgan fingerprint density at radius 3 is 2.55 bits per heavy atom. The summed E-state index contributed by atoms with van der Waals surface area (Å²) in [6.07, 6.45) is 3.28. The zero-order valence-electron chi connectivity index (χ0n) is 16.5. The molecule has 1 aromatic heterocycles. The summed E-state index contributed by atoms with van der Waals surface area (Å²) >= 11 is 6.13. The third-order valence-electron chi connectivity index (χ3n) is 5.62. The van der Waals surface area contributed by atoms with Crippen LogP contribution in [0.4, 0.5) is 0 Å². The molecule has 0 aliphatic carbocycles. The van der Waals surface area contributed by atoms with Crippen LogP contribution in [0.25, 0.3) is 0 Å². The molecule has 2 heterocycles. The Hall–Kier alpha value is -3.45. The molecule has 0 bridgehead atoms. The lowest BCUT2D eigenvalue weighted by atomic mass is 9.78. The van der Waals surface area contributed by atoms with Crippen LogP contribution in [0.15, 0.2) is 73.1 Å². The third kappa shape index (κ3) is 4.36. The molecule has 1 fully saturated rings. The molecule has 1 N–H and O–H groups in total. The molecule has 1 amide bonds. The Balaban J connectivity index is 1.82. The molecule has 3 aromatic rings. The molecule has 0 spiro atoms. The van der Waals surface area contributed by atoms with Gasteiger partial charge in [-0.2, -0.15) is 0 Å². The van der Waals surface area contributed by atoms with Crippen LogP contribution in [0.5, 0.6) is 5.75 Å². The summed E-state index contributed by atoms with van der Waals surface area (Å²) in [6.45, 7) is 0.199. The van der Waals surface area contributed by atoms with Gasteiger partial charge < -0.3 is 10.0 Å². The number of benzene rings is 2. The Labute approximate surface area is 184 Å². The van der Waals surface area contributed by atoms with E-state index in [0.29, 0.717) is 16.1 Å². The van der Waals surface area contributed by atoms with Gasteiger partial charge in [0.15, 0.2) is 0 Å². The van der Waals surface area contributed by atoms with Crippen molar-refractivity contribution in [1.29, 1.82) is 0 Å². The van der Waals surface area contributed by atoms with Crippen molar-refractivity contribution in [2.75, 3.05) is 0 Å². The van der Waals surface area contributed by atoms with Crippen molar-refractivity contribution in [3.8, 4) is 5.75 Å². The smallest absolute Gasteiger partial charge is 0.244 e. The molecule has 4 rings (SSSR count). The number of aromatic hydroxyl groups is 1. The minimum Gasteiger partial charge on any atom is -0.508 e. The van der Waals surface area contributed by atoms with Crippen LogP contribution >= 0.6 is 11.6 Å². The lowest BCUT2D eigenvalue weighted by Crippen LogP contribution is -2.51. The lowest BCUT2D eigenvalue weighted by Gasteiger charge is -2.41. The quantitative estimate of drug-likeness (QED) is 0.473. The molecule has 1 saturated heterocycles. The number of hydrogen-bond acceptors (Lipinski definition) is 5. The van der Waals surface area contributed by atoms with Crippen molar-refractivity contribution in [3.05, 3.63) is 105 Å². The summed E-state index contributed by atoms with van der Waals surface area (Å²) in [4.78, 5) is 31.0. The fourth-order valence-electron chi connectivity index (χ4n) is 4.22. The van der Waals surface area contributed by atoms with Gasteiger partial charge in [-0.1, -0.05) is 41.9 Å². The fourth-order valence-corrected chi connectivity index (χ4v) is 4.42. The van der Waals surface area contributed by atoms with Gasteiger partial charge in [0.05, 0.1) is 5.92 Å². The number of amides is 1. The Bertz CT molecular complexity index is 1090. The molecule has 0 radical (unpaired) electrons. The standard InChI is InChI=1S/C23H20ClN3O4/c24-18-5-1-4-17(11-18)20-12-21(29)26(14-15-3-2-10-25-13-15)22(23(20)27(30)31)16-6-8-19(28)9-7-16/h1-11,13,20,22-23,28H,12,14H2/t20?,22-,23+/m1/s1. The monoisotopic (exact) mass is 437 g/mol. The van der Waals surface area contributed by atoms with E-state index in [1.165, 1.54) is 17.0 Å². The molecule has 0 saturated carbocycles. The van der Waals surface area contributed by atoms with Gasteiger partial charge in [0.2, 0.25) is 11.9 Å². The lowest BCUT2D eigenvalue weighted by molar-refractivity contribution is -0.537. The number of rotatable bonds is 5. The average molecular weight is 438 g/mol. The summed E-state index contributed by atoms with van der Waals surface area (Å²) in [7, 11) is 0. The molecule has 7 nitrogen and oxygen atoms in total. The highest BCUT2D eigenvalue weighted by atomic mass is 35.5. The van der Waals surface area contributed by atoms with Gasteiger partial charge in [0.25, 0.3) is 0 Å². The molecule has 31 heavy (non-hydrogen) atoms. The van der Waals surface area contributed by atoms with Gasteiger partial charge in [0.1, 0.15) is 11.8 Å². The minimum atomic E-state index is -1.09. The van der Waals surface area contributed by atoms with Crippen LogP contribution in [0.2, 0.25) is 5.02 Å². The number of carbonyl (C=O) groups excluding carboxylic acids is 1. The molecule has 1 unspecified atom stereocenters. The number of hydrogen-bond donors (Lipinski definition) is 1. The highest BCUT2D eigenvalue weighted by molar-refractivity contribution is 6.30.